The van der Waals surface area contributed by atoms with Gasteiger partial charge in [-0.3, -0.25) is 19.8 Å². The van der Waals surface area contributed by atoms with Crippen molar-refractivity contribution in [1.29, 1.82) is 0 Å². The van der Waals surface area contributed by atoms with E-state index in [1.165, 1.54) is 28.6 Å². The second kappa shape index (κ2) is 9.54. The highest BCUT2D eigenvalue weighted by Gasteiger charge is 2.30. The van der Waals surface area contributed by atoms with Gasteiger partial charge in [-0.05, 0) is 44.5 Å². The Kier molecular flexibility index (Phi) is 7.04. The van der Waals surface area contributed by atoms with Crippen LogP contribution in [0.25, 0.3) is 0 Å². The fourth-order valence-electron chi connectivity index (χ4n) is 3.48. The molecule has 1 heterocycles. The van der Waals surface area contributed by atoms with Gasteiger partial charge in [0.25, 0.3) is 5.69 Å². The van der Waals surface area contributed by atoms with Crippen molar-refractivity contribution in [3.8, 4) is 0 Å². The largest absolute Gasteiger partial charge is 0.325 e. The first-order valence-corrected chi connectivity index (χ1v) is 11.5. The van der Waals surface area contributed by atoms with Crippen molar-refractivity contribution in [3.05, 3.63) is 64.2 Å². The van der Waals surface area contributed by atoms with E-state index in [2.05, 4.69) is 5.32 Å². The lowest BCUT2D eigenvalue weighted by Gasteiger charge is -2.27. The van der Waals surface area contributed by atoms with Crippen molar-refractivity contribution < 1.29 is 18.1 Å². The molecule has 2 aromatic carbocycles. The molecule has 10 heteroatoms. The lowest BCUT2D eigenvalue weighted by Crippen LogP contribution is -2.44. The Labute approximate surface area is 181 Å². The van der Waals surface area contributed by atoms with Crippen molar-refractivity contribution in [2.45, 2.75) is 31.2 Å². The Hall–Kier alpha value is -2.82. The number of sulfonamides is 1. The van der Waals surface area contributed by atoms with Gasteiger partial charge in [0, 0.05) is 44.0 Å². The predicted molar refractivity (Wildman–Crippen MR) is 117 cm³/mol. The summed E-state index contributed by atoms with van der Waals surface area (Å²) < 4.78 is 27.4. The molecule has 2 aromatic rings. The number of nitro groups is 1. The van der Waals surface area contributed by atoms with Crippen LogP contribution in [-0.2, 0) is 14.8 Å². The Morgan fingerprint density at radius 3 is 2.29 bits per heavy atom. The van der Waals surface area contributed by atoms with Crippen LogP contribution >= 0.6 is 0 Å². The summed E-state index contributed by atoms with van der Waals surface area (Å²) in [7, 11) is -3.58. The Morgan fingerprint density at radius 1 is 1.03 bits per heavy atom. The number of hydrogen-bond donors (Lipinski definition) is 1. The molecule has 1 aliphatic rings. The number of nitro benzene ring substituents is 1. The zero-order chi connectivity index (χ0) is 22.6. The number of aryl methyl sites for hydroxylation is 1. The molecule has 0 radical (unpaired) electrons. The maximum absolute atomic E-state index is 13.0. The highest BCUT2D eigenvalue weighted by Crippen LogP contribution is 2.20. The summed E-state index contributed by atoms with van der Waals surface area (Å²) in [6.07, 6.45) is 0.611. The molecule has 0 bridgehead atoms. The van der Waals surface area contributed by atoms with Crippen molar-refractivity contribution in [1.82, 2.24) is 9.21 Å². The average Bonchev–Trinajstić information content (AvgIpc) is 3.00. The number of anilines is 1. The molecule has 166 valence electrons. The highest BCUT2D eigenvalue weighted by molar-refractivity contribution is 7.89. The summed E-state index contributed by atoms with van der Waals surface area (Å²) in [5, 5.41) is 13.5. The predicted octanol–water partition coefficient (Wildman–Crippen LogP) is 2.63. The third-order valence-corrected chi connectivity index (χ3v) is 7.33. The molecule has 0 aromatic heterocycles. The first kappa shape index (κ1) is 22.9. The Bertz CT molecular complexity index is 1040. The van der Waals surface area contributed by atoms with Gasteiger partial charge >= 0.3 is 0 Å². The molecule has 0 aliphatic carbocycles. The summed E-state index contributed by atoms with van der Waals surface area (Å²) in [6.45, 7) is 5.39. The first-order chi connectivity index (χ1) is 14.7. The van der Waals surface area contributed by atoms with Crippen LogP contribution in [0.3, 0.4) is 0 Å². The van der Waals surface area contributed by atoms with Crippen LogP contribution in [0.1, 0.15) is 18.9 Å². The number of amides is 1. The van der Waals surface area contributed by atoms with E-state index in [0.29, 0.717) is 38.3 Å². The zero-order valence-electron chi connectivity index (χ0n) is 17.5. The highest BCUT2D eigenvalue weighted by atomic mass is 32.2. The van der Waals surface area contributed by atoms with E-state index in [0.717, 1.165) is 5.56 Å². The van der Waals surface area contributed by atoms with Crippen LogP contribution in [0.2, 0.25) is 0 Å². The summed E-state index contributed by atoms with van der Waals surface area (Å²) >= 11 is 0. The summed E-state index contributed by atoms with van der Waals surface area (Å²) in [5.74, 6) is -0.247. The van der Waals surface area contributed by atoms with Gasteiger partial charge < -0.3 is 5.32 Å². The van der Waals surface area contributed by atoms with Crippen LogP contribution in [0.4, 0.5) is 11.4 Å². The minimum absolute atomic E-state index is 0.0477. The maximum Gasteiger partial charge on any atom is 0.269 e. The van der Waals surface area contributed by atoms with E-state index in [4.69, 9.17) is 0 Å². The van der Waals surface area contributed by atoms with Crippen molar-refractivity contribution in [2.24, 2.45) is 0 Å². The zero-order valence-corrected chi connectivity index (χ0v) is 18.3. The lowest BCUT2D eigenvalue weighted by atomic mass is 10.2. The van der Waals surface area contributed by atoms with E-state index in [9.17, 15) is 23.3 Å². The number of benzene rings is 2. The molecule has 1 amide bonds. The van der Waals surface area contributed by atoms with Gasteiger partial charge in [0.1, 0.15) is 0 Å². The number of non-ortho nitro benzene ring substituents is 1. The SMILES string of the molecule is Cc1ccc(S(=O)(=O)N2CCCN([C@@H](C)C(=O)Nc3ccc([N+](=O)[O-])cc3)CC2)cc1. The van der Waals surface area contributed by atoms with Gasteiger partial charge in [-0.15, -0.1) is 0 Å². The molecular weight excluding hydrogens is 420 g/mol. The standard InChI is InChI=1S/C21H26N4O5S/c1-16-4-10-20(11-5-16)31(29,30)24-13-3-12-23(14-15-24)17(2)21(26)22-18-6-8-19(9-7-18)25(27)28/h4-11,17H,3,12-15H2,1-2H3,(H,22,26)/t17-/m0/s1. The van der Waals surface area contributed by atoms with Crippen LogP contribution in [-0.4, -0.2) is 60.7 Å². The molecule has 1 aliphatic heterocycles. The Morgan fingerprint density at radius 2 is 1.68 bits per heavy atom. The van der Waals surface area contributed by atoms with Gasteiger partial charge in [-0.25, -0.2) is 8.42 Å². The van der Waals surface area contributed by atoms with E-state index in [1.54, 1.807) is 31.2 Å². The van der Waals surface area contributed by atoms with Gasteiger partial charge in [-0.1, -0.05) is 17.7 Å². The van der Waals surface area contributed by atoms with Gasteiger partial charge in [0.15, 0.2) is 0 Å². The van der Waals surface area contributed by atoms with E-state index in [1.807, 2.05) is 11.8 Å². The van der Waals surface area contributed by atoms with Gasteiger partial charge in [-0.2, -0.15) is 4.31 Å². The minimum atomic E-state index is -3.58. The third kappa shape index (κ3) is 5.46. The van der Waals surface area contributed by atoms with Crippen molar-refractivity contribution >= 4 is 27.3 Å². The molecule has 1 atom stereocenters. The molecule has 0 saturated carbocycles. The molecule has 0 spiro atoms. The fourth-order valence-corrected chi connectivity index (χ4v) is 4.95. The lowest BCUT2D eigenvalue weighted by molar-refractivity contribution is -0.384. The fraction of sp³-hybridized carbons (Fsp3) is 0.381. The van der Waals surface area contributed by atoms with Crippen molar-refractivity contribution in [3.63, 3.8) is 0 Å². The Balaban J connectivity index is 1.62. The molecular formula is C21H26N4O5S. The number of nitrogens with zero attached hydrogens (tertiary/aromatic N) is 3. The molecule has 1 fully saturated rings. The molecule has 0 unspecified atom stereocenters. The number of carbonyl (C=O) groups excluding carboxylic acids is 1. The van der Waals surface area contributed by atoms with Crippen LogP contribution < -0.4 is 5.32 Å². The minimum Gasteiger partial charge on any atom is -0.325 e. The monoisotopic (exact) mass is 446 g/mol. The van der Waals surface area contributed by atoms with E-state index >= 15 is 0 Å². The van der Waals surface area contributed by atoms with Crippen LogP contribution in [0.5, 0.6) is 0 Å². The van der Waals surface area contributed by atoms with Crippen LogP contribution in [0, 0.1) is 17.0 Å². The van der Waals surface area contributed by atoms with Gasteiger partial charge in [0.2, 0.25) is 15.9 Å². The smallest absolute Gasteiger partial charge is 0.269 e. The average molecular weight is 447 g/mol. The molecule has 9 nitrogen and oxygen atoms in total. The maximum atomic E-state index is 13.0. The first-order valence-electron chi connectivity index (χ1n) is 10.0. The summed E-state index contributed by atoms with van der Waals surface area (Å²) in [4.78, 5) is 25.1. The molecule has 1 N–H and O–H groups in total. The van der Waals surface area contributed by atoms with E-state index in [-0.39, 0.29) is 16.5 Å². The molecule has 1 saturated heterocycles. The number of rotatable bonds is 6. The third-order valence-electron chi connectivity index (χ3n) is 5.42. The summed E-state index contributed by atoms with van der Waals surface area (Å²) in [6, 6.07) is 12.0. The van der Waals surface area contributed by atoms with Crippen LogP contribution in [0.15, 0.2) is 53.4 Å². The quantitative estimate of drug-likeness (QED) is 0.539. The normalized spacial score (nSPS) is 17.0. The number of carbonyl (C=O) groups is 1. The summed E-state index contributed by atoms with van der Waals surface area (Å²) in [5.41, 5.74) is 1.42. The van der Waals surface area contributed by atoms with E-state index < -0.39 is 21.0 Å². The second-order valence-corrected chi connectivity index (χ2v) is 9.51. The second-order valence-electron chi connectivity index (χ2n) is 7.58. The molecule has 31 heavy (non-hydrogen) atoms. The van der Waals surface area contributed by atoms with Gasteiger partial charge in [0.05, 0.1) is 15.9 Å². The topological polar surface area (TPSA) is 113 Å². The molecule has 3 rings (SSSR count). The number of hydrogen-bond acceptors (Lipinski definition) is 6. The van der Waals surface area contributed by atoms with Crippen molar-refractivity contribution in [2.75, 3.05) is 31.5 Å². The number of nitrogens with one attached hydrogen (secondary N) is 1.